The van der Waals surface area contributed by atoms with E-state index in [4.69, 9.17) is 0 Å². The van der Waals surface area contributed by atoms with E-state index in [-0.39, 0.29) is 16.7 Å². The Balaban J connectivity index is 1.77. The third-order valence-electron chi connectivity index (χ3n) is 6.00. The average Bonchev–Trinajstić information content (AvgIpc) is 3.38. The fourth-order valence-corrected chi connectivity index (χ4v) is 5.83. The molecule has 1 atom stereocenters. The lowest BCUT2D eigenvalue weighted by Gasteiger charge is -2.24. The molecule has 2 aliphatic heterocycles. The van der Waals surface area contributed by atoms with Crippen LogP contribution in [0.2, 0.25) is 0 Å². The number of hydrogen-bond donors (Lipinski definition) is 1. The smallest absolute Gasteiger partial charge is 0.243 e. The summed E-state index contributed by atoms with van der Waals surface area (Å²) in [7, 11) is -3.54. The molecular weight excluding hydrogens is 404 g/mol. The first-order chi connectivity index (χ1) is 14.3. The van der Waals surface area contributed by atoms with Gasteiger partial charge in [-0.3, -0.25) is 14.5 Å². The van der Waals surface area contributed by atoms with Gasteiger partial charge in [0, 0.05) is 45.2 Å². The van der Waals surface area contributed by atoms with E-state index < -0.39 is 16.1 Å². The Kier molecular flexibility index (Phi) is 7.15. The molecular formula is C21H32N4O4S. The molecule has 0 radical (unpaired) electrons. The molecule has 9 heteroatoms. The van der Waals surface area contributed by atoms with E-state index in [0.717, 1.165) is 38.0 Å². The van der Waals surface area contributed by atoms with E-state index in [1.165, 1.54) is 16.1 Å². The Hall–Kier alpha value is -1.97. The molecule has 1 aromatic carbocycles. The van der Waals surface area contributed by atoms with Crippen LogP contribution in [0.3, 0.4) is 0 Å². The molecule has 0 bridgehead atoms. The first-order valence-corrected chi connectivity index (χ1v) is 12.2. The normalized spacial score (nSPS) is 19.3. The van der Waals surface area contributed by atoms with Crippen LogP contribution in [0.1, 0.15) is 39.2 Å². The second-order valence-corrected chi connectivity index (χ2v) is 9.77. The molecule has 0 aromatic heterocycles. The van der Waals surface area contributed by atoms with Gasteiger partial charge in [0.25, 0.3) is 0 Å². The number of nitrogens with one attached hydrogen (secondary N) is 1. The summed E-state index contributed by atoms with van der Waals surface area (Å²) >= 11 is 0. The van der Waals surface area contributed by atoms with E-state index in [2.05, 4.69) is 24.1 Å². The molecule has 2 heterocycles. The summed E-state index contributed by atoms with van der Waals surface area (Å²) in [5.41, 5.74) is 1.33. The zero-order chi connectivity index (χ0) is 21.9. The number of carbonyl (C=O) groups excluding carboxylic acids is 2. The maximum absolute atomic E-state index is 12.9. The molecule has 2 amide bonds. The summed E-state index contributed by atoms with van der Waals surface area (Å²) in [6, 6.07) is 4.17. The molecule has 30 heavy (non-hydrogen) atoms. The van der Waals surface area contributed by atoms with Gasteiger partial charge < -0.3 is 10.2 Å². The number of anilines is 1. The Morgan fingerprint density at radius 2 is 1.83 bits per heavy atom. The van der Waals surface area contributed by atoms with Crippen LogP contribution < -0.4 is 10.2 Å². The standard InChI is InChI=1S/C21H32N4O4S/c1-4-23(5-2)13-10-22-21(27)20-15-17-14-18(8-9-19(17)25(20)16(3)26)30(28,29)24-11-6-7-12-24/h8-9,14,20H,4-7,10-13,15H2,1-3H3,(H,22,27)/t20-/m0/s1. The number of likely N-dealkylation sites (N-methyl/N-ethyl adjacent to an activating group) is 1. The van der Waals surface area contributed by atoms with Gasteiger partial charge in [-0.25, -0.2) is 8.42 Å². The van der Waals surface area contributed by atoms with Crippen LogP contribution >= 0.6 is 0 Å². The summed E-state index contributed by atoms with van der Waals surface area (Å²) < 4.78 is 27.3. The summed E-state index contributed by atoms with van der Waals surface area (Å²) in [5, 5.41) is 2.93. The maximum Gasteiger partial charge on any atom is 0.243 e. The van der Waals surface area contributed by atoms with Crippen molar-refractivity contribution in [2.75, 3.05) is 44.2 Å². The Labute approximate surface area is 179 Å². The minimum Gasteiger partial charge on any atom is -0.353 e. The van der Waals surface area contributed by atoms with E-state index in [1.807, 2.05) is 0 Å². The molecule has 0 saturated carbocycles. The van der Waals surface area contributed by atoms with Gasteiger partial charge in [0.05, 0.1) is 4.90 Å². The number of amides is 2. The van der Waals surface area contributed by atoms with Gasteiger partial charge >= 0.3 is 0 Å². The SMILES string of the molecule is CCN(CC)CCNC(=O)[C@@H]1Cc2cc(S(=O)(=O)N3CCCC3)ccc2N1C(C)=O. The summed E-state index contributed by atoms with van der Waals surface area (Å²) in [6.07, 6.45) is 2.06. The molecule has 3 rings (SSSR count). The monoisotopic (exact) mass is 436 g/mol. The maximum atomic E-state index is 12.9. The first-order valence-electron chi connectivity index (χ1n) is 10.7. The van der Waals surface area contributed by atoms with Crippen molar-refractivity contribution in [2.45, 2.75) is 51.0 Å². The average molecular weight is 437 g/mol. The second kappa shape index (κ2) is 9.45. The van der Waals surface area contributed by atoms with Crippen molar-refractivity contribution in [3.63, 3.8) is 0 Å². The van der Waals surface area contributed by atoms with Crippen LogP contribution in [0.15, 0.2) is 23.1 Å². The molecule has 8 nitrogen and oxygen atoms in total. The van der Waals surface area contributed by atoms with Gasteiger partial charge in [-0.15, -0.1) is 0 Å². The highest BCUT2D eigenvalue weighted by molar-refractivity contribution is 7.89. The molecule has 1 N–H and O–H groups in total. The van der Waals surface area contributed by atoms with Crippen molar-refractivity contribution < 1.29 is 18.0 Å². The van der Waals surface area contributed by atoms with Crippen LogP contribution in [0.25, 0.3) is 0 Å². The fourth-order valence-electron chi connectivity index (χ4n) is 4.26. The highest BCUT2D eigenvalue weighted by Gasteiger charge is 2.38. The largest absolute Gasteiger partial charge is 0.353 e. The number of carbonyl (C=O) groups is 2. The van der Waals surface area contributed by atoms with Crippen molar-refractivity contribution in [2.24, 2.45) is 0 Å². The number of rotatable bonds is 8. The quantitative estimate of drug-likeness (QED) is 0.662. The predicted octanol–water partition coefficient (Wildman–Crippen LogP) is 1.21. The lowest BCUT2D eigenvalue weighted by Crippen LogP contribution is -2.48. The van der Waals surface area contributed by atoms with E-state index in [1.54, 1.807) is 18.2 Å². The summed E-state index contributed by atoms with van der Waals surface area (Å²) in [4.78, 5) is 29.0. The van der Waals surface area contributed by atoms with Gasteiger partial charge in [-0.2, -0.15) is 4.31 Å². The lowest BCUT2D eigenvalue weighted by molar-refractivity contribution is -0.125. The molecule has 1 aromatic rings. The van der Waals surface area contributed by atoms with Crippen LogP contribution in [-0.2, 0) is 26.0 Å². The topological polar surface area (TPSA) is 90.0 Å². The lowest BCUT2D eigenvalue weighted by atomic mass is 10.1. The van der Waals surface area contributed by atoms with Crippen molar-refractivity contribution in [3.05, 3.63) is 23.8 Å². The van der Waals surface area contributed by atoms with Crippen molar-refractivity contribution in [1.29, 1.82) is 0 Å². The molecule has 1 saturated heterocycles. The van der Waals surface area contributed by atoms with Gasteiger partial charge in [-0.05, 0) is 49.7 Å². The zero-order valence-corrected chi connectivity index (χ0v) is 18.9. The number of hydrogen-bond acceptors (Lipinski definition) is 5. The molecule has 0 aliphatic carbocycles. The van der Waals surface area contributed by atoms with Crippen molar-refractivity contribution in [3.8, 4) is 0 Å². The highest BCUT2D eigenvalue weighted by Crippen LogP contribution is 2.35. The zero-order valence-electron chi connectivity index (χ0n) is 18.1. The van der Waals surface area contributed by atoms with Crippen LogP contribution in [0.5, 0.6) is 0 Å². The Morgan fingerprint density at radius 3 is 2.43 bits per heavy atom. The minimum atomic E-state index is -3.54. The molecule has 0 spiro atoms. The summed E-state index contributed by atoms with van der Waals surface area (Å²) in [5.74, 6) is -0.440. The molecule has 1 fully saturated rings. The predicted molar refractivity (Wildman–Crippen MR) is 116 cm³/mol. The van der Waals surface area contributed by atoms with Crippen LogP contribution in [-0.4, -0.2) is 74.7 Å². The fraction of sp³-hybridized carbons (Fsp3) is 0.619. The van der Waals surface area contributed by atoms with Crippen molar-refractivity contribution >= 4 is 27.5 Å². The van der Waals surface area contributed by atoms with Gasteiger partial charge in [0.1, 0.15) is 6.04 Å². The van der Waals surface area contributed by atoms with Crippen molar-refractivity contribution in [1.82, 2.24) is 14.5 Å². The summed E-state index contributed by atoms with van der Waals surface area (Å²) in [6.45, 7) is 9.73. The molecule has 166 valence electrons. The molecule has 0 unspecified atom stereocenters. The molecule has 2 aliphatic rings. The Bertz CT molecular complexity index is 892. The third kappa shape index (κ3) is 4.53. The number of nitrogens with zero attached hydrogens (tertiary/aromatic N) is 3. The Morgan fingerprint density at radius 1 is 1.17 bits per heavy atom. The van der Waals surface area contributed by atoms with E-state index in [0.29, 0.717) is 31.7 Å². The number of benzene rings is 1. The number of sulfonamides is 1. The van der Waals surface area contributed by atoms with E-state index in [9.17, 15) is 18.0 Å². The van der Waals surface area contributed by atoms with Gasteiger partial charge in [-0.1, -0.05) is 13.8 Å². The van der Waals surface area contributed by atoms with Crippen LogP contribution in [0, 0.1) is 0 Å². The van der Waals surface area contributed by atoms with Crippen LogP contribution in [0.4, 0.5) is 5.69 Å². The first kappa shape index (κ1) is 22.7. The number of fused-ring (bicyclic) bond motifs is 1. The van der Waals surface area contributed by atoms with Gasteiger partial charge in [0.2, 0.25) is 21.8 Å². The van der Waals surface area contributed by atoms with Gasteiger partial charge in [0.15, 0.2) is 0 Å². The minimum absolute atomic E-state index is 0.211. The highest BCUT2D eigenvalue weighted by atomic mass is 32.2. The third-order valence-corrected chi connectivity index (χ3v) is 7.90. The second-order valence-electron chi connectivity index (χ2n) is 7.83. The van der Waals surface area contributed by atoms with E-state index >= 15 is 0 Å².